The molecule has 2 heterocycles. The van der Waals surface area contributed by atoms with Crippen LogP contribution in [0, 0.1) is 25.2 Å². The molecule has 0 saturated heterocycles. The number of pyridine rings is 1. The van der Waals surface area contributed by atoms with Crippen LogP contribution in [0.1, 0.15) is 47.6 Å². The van der Waals surface area contributed by atoms with E-state index in [4.69, 9.17) is 15.2 Å². The summed E-state index contributed by atoms with van der Waals surface area (Å²) in [5.41, 5.74) is 11.4. The molecule has 0 bridgehead atoms. The number of benzene rings is 1. The SMILES string of the molecule is CCOc1ncc(C)c2c1[C@@H](c1cc(C)c(C#N)cc1OC)C(C(N)=O)=C(C)N2. The Labute approximate surface area is 170 Å². The summed E-state index contributed by atoms with van der Waals surface area (Å²) in [5, 5.41) is 12.7. The number of primary amides is 1. The van der Waals surface area contributed by atoms with Crippen molar-refractivity contribution >= 4 is 11.6 Å². The number of anilines is 1. The fourth-order valence-corrected chi connectivity index (χ4v) is 3.78. The first-order valence-electron chi connectivity index (χ1n) is 9.32. The molecule has 0 fully saturated rings. The third-order valence-electron chi connectivity index (χ3n) is 5.12. The van der Waals surface area contributed by atoms with E-state index < -0.39 is 11.8 Å². The minimum Gasteiger partial charge on any atom is -0.496 e. The van der Waals surface area contributed by atoms with E-state index in [0.717, 1.165) is 27.9 Å². The number of carbonyl (C=O) groups is 1. The number of nitriles is 1. The quantitative estimate of drug-likeness (QED) is 0.808. The first kappa shape index (κ1) is 20.2. The van der Waals surface area contributed by atoms with Crippen molar-refractivity contribution < 1.29 is 14.3 Å². The highest BCUT2D eigenvalue weighted by Gasteiger charge is 2.37. The van der Waals surface area contributed by atoms with Crippen molar-refractivity contribution in [3.8, 4) is 17.7 Å². The summed E-state index contributed by atoms with van der Waals surface area (Å²) < 4.78 is 11.4. The number of aryl methyl sites for hydroxylation is 2. The highest BCUT2D eigenvalue weighted by Crippen LogP contribution is 2.49. The molecule has 1 atom stereocenters. The lowest BCUT2D eigenvalue weighted by atomic mass is 9.79. The smallest absolute Gasteiger partial charge is 0.247 e. The Bertz CT molecular complexity index is 1070. The van der Waals surface area contributed by atoms with E-state index in [1.165, 1.54) is 7.11 Å². The molecule has 0 spiro atoms. The van der Waals surface area contributed by atoms with Crippen LogP contribution in [0.5, 0.6) is 11.6 Å². The average molecular weight is 392 g/mol. The molecule has 0 saturated carbocycles. The topological polar surface area (TPSA) is 110 Å². The summed E-state index contributed by atoms with van der Waals surface area (Å²) in [5.74, 6) is -0.154. The normalized spacial score (nSPS) is 15.2. The standard InChI is InChI=1S/C22H24N4O3/c1-6-29-22-19-18(15-7-11(2)14(9-23)8-16(15)28-5)17(21(24)27)13(4)26-20(19)12(3)10-25-22/h7-8,10,18,26H,6H2,1-5H3,(H2,24,27)/t18-/m0/s1. The lowest BCUT2D eigenvalue weighted by Gasteiger charge is -2.32. The molecule has 150 valence electrons. The molecular weight excluding hydrogens is 368 g/mol. The van der Waals surface area contributed by atoms with E-state index >= 15 is 0 Å². The predicted molar refractivity (Wildman–Crippen MR) is 110 cm³/mol. The predicted octanol–water partition coefficient (Wildman–Crippen LogP) is 3.29. The van der Waals surface area contributed by atoms with E-state index in [1.807, 2.05) is 33.8 Å². The fraction of sp³-hybridized carbons (Fsp3) is 0.318. The van der Waals surface area contributed by atoms with Crippen LogP contribution in [0.4, 0.5) is 5.69 Å². The number of nitrogens with zero attached hydrogens (tertiary/aromatic N) is 2. The average Bonchev–Trinajstić information content (AvgIpc) is 2.69. The van der Waals surface area contributed by atoms with Crippen LogP contribution < -0.4 is 20.5 Å². The van der Waals surface area contributed by atoms with Gasteiger partial charge in [-0.1, -0.05) is 6.07 Å². The Morgan fingerprint density at radius 2 is 2.03 bits per heavy atom. The van der Waals surface area contributed by atoms with Gasteiger partial charge in [0.25, 0.3) is 0 Å². The number of aromatic nitrogens is 1. The largest absolute Gasteiger partial charge is 0.496 e. The minimum absolute atomic E-state index is 0.410. The maximum absolute atomic E-state index is 12.5. The maximum Gasteiger partial charge on any atom is 0.247 e. The molecule has 3 N–H and O–H groups in total. The molecule has 3 rings (SSSR count). The number of allylic oxidation sites excluding steroid dienone is 1. The molecule has 2 aromatic rings. The van der Waals surface area contributed by atoms with E-state index in [0.29, 0.717) is 35.1 Å². The highest BCUT2D eigenvalue weighted by molar-refractivity contribution is 5.98. The molecule has 1 aliphatic heterocycles. The third kappa shape index (κ3) is 3.38. The summed E-state index contributed by atoms with van der Waals surface area (Å²) in [4.78, 5) is 16.9. The van der Waals surface area contributed by atoms with Gasteiger partial charge >= 0.3 is 0 Å². The molecule has 0 radical (unpaired) electrons. The minimum atomic E-state index is -0.543. The Morgan fingerprint density at radius 1 is 1.31 bits per heavy atom. The zero-order valence-corrected chi connectivity index (χ0v) is 17.2. The van der Waals surface area contributed by atoms with Crippen LogP contribution in [0.3, 0.4) is 0 Å². The van der Waals surface area contributed by atoms with Gasteiger partial charge in [-0.15, -0.1) is 0 Å². The second-order valence-electron chi connectivity index (χ2n) is 6.95. The zero-order valence-electron chi connectivity index (χ0n) is 17.2. The second kappa shape index (κ2) is 7.84. The van der Waals surface area contributed by atoms with Crippen LogP contribution >= 0.6 is 0 Å². The molecule has 29 heavy (non-hydrogen) atoms. The number of carbonyl (C=O) groups excluding carboxylic acids is 1. The Hall–Kier alpha value is -3.53. The molecule has 1 aromatic heterocycles. The summed E-state index contributed by atoms with van der Waals surface area (Å²) in [7, 11) is 1.54. The number of nitrogens with two attached hydrogens (primary N) is 1. The van der Waals surface area contributed by atoms with Crippen molar-refractivity contribution in [2.45, 2.75) is 33.6 Å². The van der Waals surface area contributed by atoms with Gasteiger partial charge in [0.05, 0.1) is 42.5 Å². The molecule has 0 aliphatic carbocycles. The van der Waals surface area contributed by atoms with Gasteiger partial charge in [-0.2, -0.15) is 5.26 Å². The van der Waals surface area contributed by atoms with Gasteiger partial charge in [0.15, 0.2) is 0 Å². The van der Waals surface area contributed by atoms with Crippen molar-refractivity contribution in [3.63, 3.8) is 0 Å². The molecule has 1 amide bonds. The Kier molecular flexibility index (Phi) is 5.46. The summed E-state index contributed by atoms with van der Waals surface area (Å²) in [6.07, 6.45) is 1.73. The summed E-state index contributed by atoms with van der Waals surface area (Å²) in [6.45, 7) is 7.91. The number of amides is 1. The number of nitrogens with one attached hydrogen (secondary N) is 1. The fourth-order valence-electron chi connectivity index (χ4n) is 3.78. The maximum atomic E-state index is 12.5. The molecule has 1 aliphatic rings. The Morgan fingerprint density at radius 3 is 2.62 bits per heavy atom. The van der Waals surface area contributed by atoms with Crippen molar-refractivity contribution in [1.29, 1.82) is 5.26 Å². The number of methoxy groups -OCH3 is 1. The van der Waals surface area contributed by atoms with Gasteiger partial charge in [-0.3, -0.25) is 4.79 Å². The van der Waals surface area contributed by atoms with Gasteiger partial charge in [0.1, 0.15) is 5.75 Å². The first-order chi connectivity index (χ1) is 13.8. The monoisotopic (exact) mass is 392 g/mol. The van der Waals surface area contributed by atoms with Crippen molar-refractivity contribution in [3.05, 3.63) is 57.4 Å². The van der Waals surface area contributed by atoms with Gasteiger partial charge in [0, 0.05) is 23.0 Å². The highest BCUT2D eigenvalue weighted by atomic mass is 16.5. The van der Waals surface area contributed by atoms with E-state index in [2.05, 4.69) is 16.4 Å². The number of hydrogen-bond acceptors (Lipinski definition) is 6. The van der Waals surface area contributed by atoms with Crippen LogP contribution in [0.15, 0.2) is 29.6 Å². The summed E-state index contributed by atoms with van der Waals surface area (Å²) >= 11 is 0. The molecular formula is C22H24N4O3. The van der Waals surface area contributed by atoms with Gasteiger partial charge < -0.3 is 20.5 Å². The third-order valence-corrected chi connectivity index (χ3v) is 5.12. The first-order valence-corrected chi connectivity index (χ1v) is 9.32. The van der Waals surface area contributed by atoms with Crippen LogP contribution in [-0.4, -0.2) is 24.6 Å². The van der Waals surface area contributed by atoms with E-state index in [9.17, 15) is 10.1 Å². The number of ether oxygens (including phenoxy) is 2. The Balaban J connectivity index is 2.41. The van der Waals surface area contributed by atoms with E-state index in [1.54, 1.807) is 12.3 Å². The van der Waals surface area contributed by atoms with E-state index in [-0.39, 0.29) is 0 Å². The van der Waals surface area contributed by atoms with Crippen LogP contribution in [-0.2, 0) is 4.79 Å². The summed E-state index contributed by atoms with van der Waals surface area (Å²) in [6, 6.07) is 5.72. The molecule has 7 heteroatoms. The molecule has 0 unspecified atom stereocenters. The zero-order chi connectivity index (χ0) is 21.3. The number of hydrogen-bond donors (Lipinski definition) is 2. The second-order valence-corrected chi connectivity index (χ2v) is 6.95. The van der Waals surface area contributed by atoms with Gasteiger partial charge in [-0.25, -0.2) is 4.98 Å². The number of fused-ring (bicyclic) bond motifs is 1. The van der Waals surface area contributed by atoms with Crippen molar-refractivity contribution in [2.75, 3.05) is 19.0 Å². The number of rotatable bonds is 5. The van der Waals surface area contributed by atoms with Gasteiger partial charge in [-0.05, 0) is 44.9 Å². The van der Waals surface area contributed by atoms with Crippen LogP contribution in [0.25, 0.3) is 0 Å². The lowest BCUT2D eigenvalue weighted by molar-refractivity contribution is -0.114. The lowest BCUT2D eigenvalue weighted by Crippen LogP contribution is -2.28. The molecule has 1 aromatic carbocycles. The van der Waals surface area contributed by atoms with Crippen LogP contribution in [0.2, 0.25) is 0 Å². The van der Waals surface area contributed by atoms with Crippen molar-refractivity contribution in [2.24, 2.45) is 5.73 Å². The van der Waals surface area contributed by atoms with Crippen molar-refractivity contribution in [1.82, 2.24) is 4.98 Å². The van der Waals surface area contributed by atoms with Gasteiger partial charge in [0.2, 0.25) is 11.8 Å². The molecule has 7 nitrogen and oxygen atoms in total.